The number of nitrogens with zero attached hydrogens (tertiary/aromatic N) is 3. The Kier molecular flexibility index (Phi) is 10.1. The molecule has 0 saturated carbocycles. The summed E-state index contributed by atoms with van der Waals surface area (Å²) >= 11 is 0. The topological polar surface area (TPSA) is 146 Å². The van der Waals surface area contributed by atoms with Crippen LogP contribution < -0.4 is 10.6 Å². The van der Waals surface area contributed by atoms with Crippen LogP contribution in [0.3, 0.4) is 0 Å². The van der Waals surface area contributed by atoms with E-state index in [0.717, 1.165) is 0 Å². The summed E-state index contributed by atoms with van der Waals surface area (Å²) in [5.74, 6) is -0.918. The summed E-state index contributed by atoms with van der Waals surface area (Å²) in [5.41, 5.74) is 0.242. The third-order valence-corrected chi connectivity index (χ3v) is 10.2. The van der Waals surface area contributed by atoms with Crippen LogP contribution in [0.4, 0.5) is 11.6 Å². The predicted molar refractivity (Wildman–Crippen MR) is 153 cm³/mol. The fraction of sp³-hybridized carbons (Fsp3) is 0.296. The average Bonchev–Trinajstić information content (AvgIpc) is 2.94. The van der Waals surface area contributed by atoms with Gasteiger partial charge in [0.1, 0.15) is 11.6 Å². The Morgan fingerprint density at radius 3 is 1.32 bits per heavy atom. The van der Waals surface area contributed by atoms with Gasteiger partial charge in [0.15, 0.2) is 0 Å². The first-order valence-corrected chi connectivity index (χ1v) is 15.7. The minimum atomic E-state index is -3.75. The van der Waals surface area contributed by atoms with Crippen molar-refractivity contribution in [3.63, 3.8) is 0 Å². The van der Waals surface area contributed by atoms with E-state index in [1.54, 1.807) is 33.8 Å². The van der Waals surface area contributed by atoms with E-state index in [2.05, 4.69) is 15.6 Å². The van der Waals surface area contributed by atoms with Gasteiger partial charge < -0.3 is 10.6 Å². The fourth-order valence-corrected chi connectivity index (χ4v) is 6.98. The smallest absolute Gasteiger partial charge is 0.256 e. The molecule has 0 bridgehead atoms. The number of anilines is 2. The lowest BCUT2D eigenvalue weighted by Crippen LogP contribution is -2.30. The van der Waals surface area contributed by atoms with Gasteiger partial charge in [0.05, 0.1) is 9.79 Å². The van der Waals surface area contributed by atoms with Gasteiger partial charge >= 0.3 is 0 Å². The molecular formula is C27H33N5O6S2. The molecular weight excluding hydrogens is 554 g/mol. The fourth-order valence-electron chi connectivity index (χ4n) is 3.97. The van der Waals surface area contributed by atoms with Crippen molar-refractivity contribution in [2.45, 2.75) is 37.5 Å². The van der Waals surface area contributed by atoms with Crippen molar-refractivity contribution in [2.24, 2.45) is 0 Å². The molecule has 2 N–H and O–H groups in total. The third kappa shape index (κ3) is 6.91. The Hall–Kier alpha value is -3.65. The number of aromatic nitrogens is 1. The van der Waals surface area contributed by atoms with Crippen LogP contribution in [0, 0.1) is 0 Å². The molecule has 2 aromatic carbocycles. The normalized spacial score (nSPS) is 11.9. The molecule has 0 aliphatic carbocycles. The minimum Gasteiger partial charge on any atom is -0.306 e. The first-order chi connectivity index (χ1) is 19.0. The van der Waals surface area contributed by atoms with E-state index in [1.165, 1.54) is 69.3 Å². The van der Waals surface area contributed by atoms with Crippen molar-refractivity contribution in [1.82, 2.24) is 13.6 Å². The number of carbonyl (C=O) groups excluding carboxylic acids is 2. The van der Waals surface area contributed by atoms with E-state index in [9.17, 15) is 26.4 Å². The molecule has 13 heteroatoms. The molecule has 214 valence electrons. The van der Waals surface area contributed by atoms with Crippen LogP contribution in [-0.4, -0.2) is 68.4 Å². The van der Waals surface area contributed by atoms with E-state index in [-0.39, 0.29) is 32.6 Å². The van der Waals surface area contributed by atoms with Crippen LogP contribution in [0.2, 0.25) is 0 Å². The summed E-state index contributed by atoms with van der Waals surface area (Å²) in [5, 5.41) is 5.21. The number of hydrogen-bond donors (Lipinski definition) is 2. The average molecular weight is 588 g/mol. The van der Waals surface area contributed by atoms with Crippen LogP contribution in [0.1, 0.15) is 48.4 Å². The maximum absolute atomic E-state index is 12.9. The van der Waals surface area contributed by atoms with Crippen LogP contribution in [0.25, 0.3) is 0 Å². The lowest BCUT2D eigenvalue weighted by Gasteiger charge is -2.18. The Morgan fingerprint density at radius 2 is 0.975 bits per heavy atom. The van der Waals surface area contributed by atoms with Crippen molar-refractivity contribution in [1.29, 1.82) is 0 Å². The van der Waals surface area contributed by atoms with Crippen LogP contribution in [0.5, 0.6) is 0 Å². The van der Waals surface area contributed by atoms with Gasteiger partial charge in [-0.05, 0) is 48.5 Å². The number of benzene rings is 2. The van der Waals surface area contributed by atoms with Crippen molar-refractivity contribution in [3.8, 4) is 0 Å². The zero-order valence-electron chi connectivity index (χ0n) is 22.8. The molecule has 40 heavy (non-hydrogen) atoms. The third-order valence-electron chi connectivity index (χ3n) is 6.11. The SMILES string of the molecule is CCN(CC)S(=O)(=O)c1cccc(C(=O)Nc2cccc(NC(=O)c3cccc(S(=O)(=O)N(CC)CC)c3)n2)c1. The van der Waals surface area contributed by atoms with Gasteiger partial charge in [0.25, 0.3) is 11.8 Å². The van der Waals surface area contributed by atoms with Crippen molar-refractivity contribution < 1.29 is 26.4 Å². The predicted octanol–water partition coefficient (Wildman–Crippen LogP) is 3.65. The molecule has 2 amide bonds. The number of sulfonamides is 2. The Morgan fingerprint density at radius 1 is 0.625 bits per heavy atom. The van der Waals surface area contributed by atoms with Gasteiger partial charge in [0, 0.05) is 37.3 Å². The summed E-state index contributed by atoms with van der Waals surface area (Å²) in [7, 11) is -7.49. The minimum absolute atomic E-state index is 0.00284. The van der Waals surface area contributed by atoms with Gasteiger partial charge in [0.2, 0.25) is 20.0 Å². The molecule has 3 rings (SSSR count). The molecule has 1 aromatic heterocycles. The molecule has 11 nitrogen and oxygen atoms in total. The Balaban J connectivity index is 1.77. The molecule has 0 atom stereocenters. The lowest BCUT2D eigenvalue weighted by atomic mass is 10.2. The first kappa shape index (κ1) is 30.9. The molecule has 0 saturated heterocycles. The molecule has 0 aliphatic rings. The second kappa shape index (κ2) is 13.1. The largest absolute Gasteiger partial charge is 0.306 e. The summed E-state index contributed by atoms with van der Waals surface area (Å²) < 4.78 is 53.9. The zero-order valence-corrected chi connectivity index (χ0v) is 24.4. The highest BCUT2D eigenvalue weighted by atomic mass is 32.2. The monoisotopic (exact) mass is 587 g/mol. The summed E-state index contributed by atoms with van der Waals surface area (Å²) in [4.78, 5) is 30.0. The molecule has 0 unspecified atom stereocenters. The van der Waals surface area contributed by atoms with Crippen LogP contribution in [0.15, 0.2) is 76.5 Å². The number of carbonyl (C=O) groups is 2. The maximum atomic E-state index is 12.9. The second-order valence-electron chi connectivity index (χ2n) is 8.55. The number of rotatable bonds is 12. The van der Waals surface area contributed by atoms with Gasteiger partial charge in [-0.2, -0.15) is 8.61 Å². The second-order valence-corrected chi connectivity index (χ2v) is 12.4. The number of hydrogen-bond acceptors (Lipinski definition) is 7. The van der Waals surface area contributed by atoms with Gasteiger partial charge in [-0.1, -0.05) is 45.9 Å². The van der Waals surface area contributed by atoms with Crippen LogP contribution >= 0.6 is 0 Å². The van der Waals surface area contributed by atoms with Gasteiger partial charge in [-0.3, -0.25) is 9.59 Å². The first-order valence-electron chi connectivity index (χ1n) is 12.8. The Bertz CT molecular complexity index is 1470. The molecule has 0 aliphatic heterocycles. The molecule has 0 fully saturated rings. The highest BCUT2D eigenvalue weighted by Crippen LogP contribution is 2.20. The molecule has 0 radical (unpaired) electrons. The highest BCUT2D eigenvalue weighted by molar-refractivity contribution is 7.89. The molecule has 3 aromatic rings. The van der Waals surface area contributed by atoms with E-state index in [1.807, 2.05) is 0 Å². The summed E-state index contributed by atoms with van der Waals surface area (Å²) in [6.45, 7) is 8.14. The Labute approximate surface area is 235 Å². The van der Waals surface area contributed by atoms with Crippen molar-refractivity contribution >= 4 is 43.5 Å². The van der Waals surface area contributed by atoms with E-state index >= 15 is 0 Å². The number of amides is 2. The van der Waals surface area contributed by atoms with Gasteiger partial charge in [-0.15, -0.1) is 0 Å². The van der Waals surface area contributed by atoms with Crippen LogP contribution in [-0.2, 0) is 20.0 Å². The van der Waals surface area contributed by atoms with E-state index in [0.29, 0.717) is 26.2 Å². The van der Waals surface area contributed by atoms with Crippen molar-refractivity contribution in [3.05, 3.63) is 77.9 Å². The summed E-state index contributed by atoms with van der Waals surface area (Å²) in [6.07, 6.45) is 0. The standard InChI is InChI=1S/C27H33N5O6S2/c1-5-31(6-2)39(35,36)22-14-9-12-20(18-22)26(33)29-24-16-11-17-25(28-24)30-27(34)21-13-10-15-23(19-21)40(37,38)32(7-3)8-4/h9-19H,5-8H2,1-4H3,(H2,28,29,30,33,34). The lowest BCUT2D eigenvalue weighted by molar-refractivity contribution is 0.101. The highest BCUT2D eigenvalue weighted by Gasteiger charge is 2.24. The molecule has 1 heterocycles. The van der Waals surface area contributed by atoms with Gasteiger partial charge in [-0.25, -0.2) is 21.8 Å². The van der Waals surface area contributed by atoms with Crippen molar-refractivity contribution in [2.75, 3.05) is 36.8 Å². The number of nitrogens with one attached hydrogen (secondary N) is 2. The zero-order chi connectivity index (χ0) is 29.5. The molecule has 0 spiro atoms. The summed E-state index contributed by atoms with van der Waals surface area (Å²) in [6, 6.07) is 16.0. The van der Waals surface area contributed by atoms with E-state index in [4.69, 9.17) is 0 Å². The maximum Gasteiger partial charge on any atom is 0.256 e. The quantitative estimate of drug-likeness (QED) is 0.329. The van der Waals surface area contributed by atoms with E-state index < -0.39 is 31.9 Å². The number of pyridine rings is 1.